The van der Waals surface area contributed by atoms with E-state index in [4.69, 9.17) is 9.47 Å². The Kier molecular flexibility index (Phi) is 8.64. The van der Waals surface area contributed by atoms with E-state index in [-0.39, 0.29) is 25.4 Å². The standard InChI is InChI=1S/C22H28BrNO5/c1-16(17-9-11-19(23)12-10-17)24(21(26)29-3)14-13-22(27,15-20(25)28-2)18-7-5-4-6-8-18/h4-12,16,20,25,27H,13-15H2,1-3H3. The SMILES string of the molecule is COC(=O)N(CCC(O)(CC(O)OC)c1ccccc1)C(C)c1ccc(Br)cc1. The molecule has 0 aliphatic heterocycles. The lowest BCUT2D eigenvalue weighted by atomic mass is 9.86. The van der Waals surface area contributed by atoms with Crippen LogP contribution in [0.1, 0.15) is 36.9 Å². The zero-order valence-electron chi connectivity index (χ0n) is 16.9. The van der Waals surface area contributed by atoms with E-state index in [1.54, 1.807) is 17.0 Å². The van der Waals surface area contributed by atoms with Gasteiger partial charge in [0.25, 0.3) is 0 Å². The van der Waals surface area contributed by atoms with E-state index in [1.807, 2.05) is 49.4 Å². The number of ether oxygens (including phenoxy) is 2. The van der Waals surface area contributed by atoms with Gasteiger partial charge in [0.1, 0.15) is 0 Å². The maximum absolute atomic E-state index is 12.5. The predicted molar refractivity (Wildman–Crippen MR) is 114 cm³/mol. The molecule has 3 atom stereocenters. The second kappa shape index (κ2) is 10.7. The molecular weight excluding hydrogens is 438 g/mol. The van der Waals surface area contributed by atoms with Crippen LogP contribution >= 0.6 is 15.9 Å². The lowest BCUT2D eigenvalue weighted by molar-refractivity contribution is -0.130. The number of nitrogens with zero attached hydrogens (tertiary/aromatic N) is 1. The first-order valence-corrected chi connectivity index (χ1v) is 10.2. The van der Waals surface area contributed by atoms with Crippen molar-refractivity contribution in [1.82, 2.24) is 4.90 Å². The van der Waals surface area contributed by atoms with Gasteiger partial charge in [-0.1, -0.05) is 58.4 Å². The van der Waals surface area contributed by atoms with E-state index in [1.165, 1.54) is 14.2 Å². The lowest BCUT2D eigenvalue weighted by Crippen LogP contribution is -2.40. The summed E-state index contributed by atoms with van der Waals surface area (Å²) < 4.78 is 10.9. The summed E-state index contributed by atoms with van der Waals surface area (Å²) in [6.45, 7) is 2.14. The number of aliphatic hydroxyl groups excluding tert-OH is 1. The second-order valence-corrected chi connectivity index (χ2v) is 7.85. The van der Waals surface area contributed by atoms with Crippen LogP contribution in [0.3, 0.4) is 0 Å². The van der Waals surface area contributed by atoms with Crippen molar-refractivity contribution in [3.05, 3.63) is 70.2 Å². The molecule has 2 aromatic rings. The normalized spacial score (nSPS) is 15.2. The zero-order chi connectivity index (χ0) is 21.4. The summed E-state index contributed by atoms with van der Waals surface area (Å²) in [6, 6.07) is 16.5. The van der Waals surface area contributed by atoms with Gasteiger partial charge in [-0.2, -0.15) is 0 Å². The van der Waals surface area contributed by atoms with E-state index < -0.39 is 18.0 Å². The number of carbonyl (C=O) groups is 1. The average Bonchev–Trinajstić information content (AvgIpc) is 2.74. The van der Waals surface area contributed by atoms with Gasteiger partial charge in [0.15, 0.2) is 6.29 Å². The highest BCUT2D eigenvalue weighted by molar-refractivity contribution is 9.10. The van der Waals surface area contributed by atoms with Crippen LogP contribution < -0.4 is 0 Å². The molecule has 0 spiro atoms. The van der Waals surface area contributed by atoms with Crippen molar-refractivity contribution in [3.63, 3.8) is 0 Å². The first-order chi connectivity index (χ1) is 13.8. The van der Waals surface area contributed by atoms with Crippen molar-refractivity contribution in [1.29, 1.82) is 0 Å². The highest BCUT2D eigenvalue weighted by atomic mass is 79.9. The van der Waals surface area contributed by atoms with Crippen LogP contribution in [0.5, 0.6) is 0 Å². The van der Waals surface area contributed by atoms with E-state index in [9.17, 15) is 15.0 Å². The van der Waals surface area contributed by atoms with Gasteiger partial charge in [-0.3, -0.25) is 0 Å². The van der Waals surface area contributed by atoms with Crippen LogP contribution in [-0.4, -0.2) is 48.3 Å². The Morgan fingerprint density at radius 1 is 1.14 bits per heavy atom. The number of hydrogen-bond acceptors (Lipinski definition) is 5. The Hall–Kier alpha value is -1.93. The van der Waals surface area contributed by atoms with Crippen molar-refractivity contribution in [2.24, 2.45) is 0 Å². The van der Waals surface area contributed by atoms with Crippen LogP contribution in [0, 0.1) is 0 Å². The van der Waals surface area contributed by atoms with Gasteiger partial charge in [-0.05, 0) is 36.6 Å². The first kappa shape index (κ1) is 23.3. The van der Waals surface area contributed by atoms with Crippen molar-refractivity contribution < 1.29 is 24.5 Å². The van der Waals surface area contributed by atoms with Gasteiger partial charge in [0.05, 0.1) is 18.8 Å². The van der Waals surface area contributed by atoms with Gasteiger partial charge in [0, 0.05) is 24.5 Å². The van der Waals surface area contributed by atoms with Crippen molar-refractivity contribution >= 4 is 22.0 Å². The minimum absolute atomic E-state index is 0.0187. The first-order valence-electron chi connectivity index (χ1n) is 9.39. The van der Waals surface area contributed by atoms with Crippen molar-refractivity contribution in [2.45, 2.75) is 37.7 Å². The maximum Gasteiger partial charge on any atom is 0.409 e. The number of amides is 1. The van der Waals surface area contributed by atoms with Crippen LogP contribution in [0.15, 0.2) is 59.1 Å². The largest absolute Gasteiger partial charge is 0.453 e. The third-order valence-corrected chi connectivity index (χ3v) is 5.62. The number of aliphatic hydroxyl groups is 2. The molecule has 7 heteroatoms. The fourth-order valence-electron chi connectivity index (χ4n) is 3.27. The third kappa shape index (κ3) is 6.27. The molecule has 0 bridgehead atoms. The molecule has 0 saturated heterocycles. The minimum atomic E-state index is -1.37. The van der Waals surface area contributed by atoms with E-state index in [0.29, 0.717) is 5.56 Å². The van der Waals surface area contributed by atoms with Crippen LogP contribution in [-0.2, 0) is 15.1 Å². The Balaban J connectivity index is 2.26. The summed E-state index contributed by atoms with van der Waals surface area (Å²) in [5.74, 6) is 0. The summed E-state index contributed by atoms with van der Waals surface area (Å²) in [5, 5.41) is 21.3. The molecule has 0 radical (unpaired) electrons. The molecule has 0 aliphatic rings. The topological polar surface area (TPSA) is 79.2 Å². The molecule has 0 heterocycles. The lowest BCUT2D eigenvalue weighted by Gasteiger charge is -2.35. The van der Waals surface area contributed by atoms with Gasteiger partial charge < -0.3 is 24.6 Å². The fourth-order valence-corrected chi connectivity index (χ4v) is 3.54. The van der Waals surface area contributed by atoms with Gasteiger partial charge >= 0.3 is 6.09 Å². The molecule has 2 rings (SSSR count). The zero-order valence-corrected chi connectivity index (χ0v) is 18.5. The molecule has 2 N–H and O–H groups in total. The predicted octanol–water partition coefficient (Wildman–Crippen LogP) is 4.21. The van der Waals surface area contributed by atoms with E-state index in [0.717, 1.165) is 10.0 Å². The summed E-state index contributed by atoms with van der Waals surface area (Å²) >= 11 is 3.41. The molecule has 0 aromatic heterocycles. The molecule has 3 unspecified atom stereocenters. The Morgan fingerprint density at radius 2 is 1.76 bits per heavy atom. The van der Waals surface area contributed by atoms with Crippen LogP contribution in [0.2, 0.25) is 0 Å². The summed E-state index contributed by atoms with van der Waals surface area (Å²) in [4.78, 5) is 14.0. The van der Waals surface area contributed by atoms with Gasteiger partial charge in [-0.25, -0.2) is 4.79 Å². The van der Waals surface area contributed by atoms with Crippen LogP contribution in [0.25, 0.3) is 0 Å². The fraction of sp³-hybridized carbons (Fsp3) is 0.409. The molecule has 2 aromatic carbocycles. The Labute approximate surface area is 180 Å². The van der Waals surface area contributed by atoms with Crippen molar-refractivity contribution in [3.8, 4) is 0 Å². The number of halogens is 1. The Morgan fingerprint density at radius 3 is 2.31 bits per heavy atom. The summed E-state index contributed by atoms with van der Waals surface area (Å²) in [5.41, 5.74) is 0.221. The highest BCUT2D eigenvalue weighted by Gasteiger charge is 2.34. The van der Waals surface area contributed by atoms with Gasteiger partial charge in [0.2, 0.25) is 0 Å². The van der Waals surface area contributed by atoms with Gasteiger partial charge in [-0.15, -0.1) is 0 Å². The van der Waals surface area contributed by atoms with Crippen molar-refractivity contribution in [2.75, 3.05) is 20.8 Å². The number of benzene rings is 2. The number of methoxy groups -OCH3 is 2. The molecule has 1 amide bonds. The quantitative estimate of drug-likeness (QED) is 0.542. The summed E-state index contributed by atoms with van der Waals surface area (Å²) in [6.07, 6.45) is -1.43. The van der Waals surface area contributed by atoms with E-state index >= 15 is 0 Å². The molecule has 29 heavy (non-hydrogen) atoms. The second-order valence-electron chi connectivity index (χ2n) is 6.93. The maximum atomic E-state index is 12.5. The highest BCUT2D eigenvalue weighted by Crippen LogP contribution is 2.32. The summed E-state index contributed by atoms with van der Waals surface area (Å²) in [7, 11) is 2.72. The molecule has 0 fully saturated rings. The molecule has 0 saturated carbocycles. The molecule has 6 nitrogen and oxygen atoms in total. The monoisotopic (exact) mass is 465 g/mol. The number of rotatable bonds is 9. The molecular formula is C22H28BrNO5. The average molecular weight is 466 g/mol. The smallest absolute Gasteiger partial charge is 0.409 e. The van der Waals surface area contributed by atoms with Crippen LogP contribution in [0.4, 0.5) is 4.79 Å². The third-order valence-electron chi connectivity index (χ3n) is 5.09. The number of carbonyl (C=O) groups excluding carboxylic acids is 1. The molecule has 158 valence electrons. The minimum Gasteiger partial charge on any atom is -0.453 e. The molecule has 0 aliphatic carbocycles. The Bertz CT molecular complexity index is 771. The number of hydrogen-bond donors (Lipinski definition) is 2. The van der Waals surface area contributed by atoms with E-state index in [2.05, 4.69) is 15.9 Å².